The zero-order valence-electron chi connectivity index (χ0n) is 11.6. The van der Waals surface area contributed by atoms with Crippen molar-refractivity contribution >= 4 is 17.9 Å². The molecule has 1 fully saturated rings. The van der Waals surface area contributed by atoms with Crippen LogP contribution in [0.2, 0.25) is 0 Å². The predicted octanol–water partition coefficient (Wildman–Crippen LogP) is 0.469. The Kier molecular flexibility index (Phi) is 4.76. The van der Waals surface area contributed by atoms with Crippen LogP contribution in [0, 0.1) is 6.92 Å². The number of nitrogens with one attached hydrogen (secondary N) is 1. The largest absolute Gasteiger partial charge is 0.482 e. The molecule has 0 aliphatic carbocycles. The van der Waals surface area contributed by atoms with Gasteiger partial charge in [-0.1, -0.05) is 18.2 Å². The van der Waals surface area contributed by atoms with Crippen LogP contribution in [-0.2, 0) is 14.3 Å². The van der Waals surface area contributed by atoms with Gasteiger partial charge in [-0.15, -0.1) is 0 Å². The number of carbonyl (C=O) groups is 3. The van der Waals surface area contributed by atoms with Crippen molar-refractivity contribution in [2.45, 2.75) is 6.92 Å². The molecule has 0 aromatic heterocycles. The normalized spacial score (nSPS) is 13.8. The number of nitrogens with zero attached hydrogens (tertiary/aromatic N) is 1. The van der Waals surface area contributed by atoms with E-state index in [4.69, 9.17) is 9.47 Å². The molecule has 1 N–H and O–H groups in total. The number of urea groups is 1. The van der Waals surface area contributed by atoms with Gasteiger partial charge in [-0.2, -0.15) is 0 Å². The summed E-state index contributed by atoms with van der Waals surface area (Å²) in [5.41, 5.74) is 0.898. The minimum Gasteiger partial charge on any atom is -0.482 e. The molecule has 112 valence electrons. The molecule has 1 saturated heterocycles. The van der Waals surface area contributed by atoms with E-state index < -0.39 is 24.5 Å². The van der Waals surface area contributed by atoms with Crippen molar-refractivity contribution in [1.29, 1.82) is 0 Å². The van der Waals surface area contributed by atoms with Gasteiger partial charge in [0.05, 0.1) is 0 Å². The van der Waals surface area contributed by atoms with E-state index in [2.05, 4.69) is 5.32 Å². The lowest BCUT2D eigenvalue weighted by atomic mass is 10.2. The van der Waals surface area contributed by atoms with Gasteiger partial charge in [0.25, 0.3) is 5.91 Å². The Balaban J connectivity index is 1.74. The third-order valence-electron chi connectivity index (χ3n) is 2.95. The van der Waals surface area contributed by atoms with Gasteiger partial charge in [-0.25, -0.2) is 9.59 Å². The van der Waals surface area contributed by atoms with Crippen molar-refractivity contribution in [2.75, 3.05) is 26.3 Å². The maximum absolute atomic E-state index is 11.6. The molecule has 7 nitrogen and oxygen atoms in total. The molecule has 0 spiro atoms. The number of aryl methyl sites for hydroxylation is 1. The van der Waals surface area contributed by atoms with Gasteiger partial charge in [0.1, 0.15) is 5.75 Å². The Bertz CT molecular complexity index is 558. The summed E-state index contributed by atoms with van der Waals surface area (Å²) in [4.78, 5) is 35.4. The summed E-state index contributed by atoms with van der Waals surface area (Å²) in [5.74, 6) is -0.625. The Morgan fingerprint density at radius 1 is 1.29 bits per heavy atom. The Morgan fingerprint density at radius 3 is 2.71 bits per heavy atom. The lowest BCUT2D eigenvalue weighted by Crippen LogP contribution is -2.37. The SMILES string of the molecule is Cc1ccccc1OCC(=O)OCC(=O)N1CCNC1=O. The molecule has 1 aromatic rings. The second-order valence-corrected chi connectivity index (χ2v) is 4.49. The molecule has 0 atom stereocenters. The van der Waals surface area contributed by atoms with Crippen molar-refractivity contribution in [3.63, 3.8) is 0 Å². The molecule has 1 heterocycles. The quantitative estimate of drug-likeness (QED) is 0.797. The highest BCUT2D eigenvalue weighted by atomic mass is 16.6. The fourth-order valence-electron chi connectivity index (χ4n) is 1.83. The van der Waals surface area contributed by atoms with Crippen molar-refractivity contribution in [3.8, 4) is 5.75 Å². The average Bonchev–Trinajstić information content (AvgIpc) is 2.90. The predicted molar refractivity (Wildman–Crippen MR) is 72.7 cm³/mol. The van der Waals surface area contributed by atoms with Crippen LogP contribution >= 0.6 is 0 Å². The van der Waals surface area contributed by atoms with Gasteiger partial charge in [-0.3, -0.25) is 9.69 Å². The van der Waals surface area contributed by atoms with Gasteiger partial charge >= 0.3 is 12.0 Å². The van der Waals surface area contributed by atoms with E-state index in [0.29, 0.717) is 12.3 Å². The van der Waals surface area contributed by atoms with Crippen LogP contribution in [0.3, 0.4) is 0 Å². The zero-order chi connectivity index (χ0) is 15.2. The molecule has 21 heavy (non-hydrogen) atoms. The highest BCUT2D eigenvalue weighted by Crippen LogP contribution is 2.15. The number of carbonyl (C=O) groups excluding carboxylic acids is 3. The third kappa shape index (κ3) is 3.95. The van der Waals surface area contributed by atoms with Gasteiger partial charge in [-0.05, 0) is 18.6 Å². The monoisotopic (exact) mass is 292 g/mol. The first-order valence-electron chi connectivity index (χ1n) is 6.50. The van der Waals surface area contributed by atoms with E-state index in [1.54, 1.807) is 12.1 Å². The standard InChI is InChI=1S/C14H16N2O5/c1-10-4-2-3-5-11(10)20-9-13(18)21-8-12(17)16-7-6-15-14(16)19/h2-5H,6-9H2,1H3,(H,15,19). The highest BCUT2D eigenvalue weighted by molar-refractivity contribution is 5.96. The molecule has 1 aliphatic rings. The number of esters is 1. The first kappa shape index (κ1) is 14.8. The van der Waals surface area contributed by atoms with Crippen molar-refractivity contribution in [1.82, 2.24) is 10.2 Å². The summed E-state index contributed by atoms with van der Waals surface area (Å²) >= 11 is 0. The molecule has 0 radical (unpaired) electrons. The average molecular weight is 292 g/mol. The van der Waals surface area contributed by atoms with Gasteiger partial charge in [0, 0.05) is 13.1 Å². The molecule has 0 unspecified atom stereocenters. The lowest BCUT2D eigenvalue weighted by Gasteiger charge is -2.12. The number of rotatable bonds is 5. The maximum atomic E-state index is 11.6. The van der Waals surface area contributed by atoms with Crippen LogP contribution in [-0.4, -0.2) is 49.1 Å². The van der Waals surface area contributed by atoms with Gasteiger partial charge in [0.2, 0.25) is 0 Å². The van der Waals surface area contributed by atoms with Gasteiger partial charge < -0.3 is 14.8 Å². The van der Waals surface area contributed by atoms with E-state index >= 15 is 0 Å². The zero-order valence-corrected chi connectivity index (χ0v) is 11.6. The molecular formula is C14H16N2O5. The topological polar surface area (TPSA) is 84.9 Å². The second kappa shape index (κ2) is 6.74. The summed E-state index contributed by atoms with van der Waals surface area (Å²) < 4.78 is 10.1. The van der Waals surface area contributed by atoms with Crippen molar-refractivity contribution in [3.05, 3.63) is 29.8 Å². The van der Waals surface area contributed by atoms with Crippen molar-refractivity contribution < 1.29 is 23.9 Å². The molecule has 0 saturated carbocycles. The van der Waals surface area contributed by atoms with Crippen LogP contribution in [0.25, 0.3) is 0 Å². The van der Waals surface area contributed by atoms with Crippen LogP contribution in [0.4, 0.5) is 4.79 Å². The smallest absolute Gasteiger partial charge is 0.344 e. The summed E-state index contributed by atoms with van der Waals surface area (Å²) in [6.07, 6.45) is 0. The molecule has 1 aliphatic heterocycles. The molecule has 0 bridgehead atoms. The Labute approximate surface area is 121 Å². The van der Waals surface area contributed by atoms with E-state index in [0.717, 1.165) is 10.5 Å². The molecule has 1 aromatic carbocycles. The minimum absolute atomic E-state index is 0.287. The van der Waals surface area contributed by atoms with E-state index in [-0.39, 0.29) is 13.2 Å². The fraction of sp³-hybridized carbons (Fsp3) is 0.357. The Morgan fingerprint density at radius 2 is 2.05 bits per heavy atom. The number of ether oxygens (including phenoxy) is 2. The van der Waals surface area contributed by atoms with Crippen LogP contribution in [0.15, 0.2) is 24.3 Å². The van der Waals surface area contributed by atoms with E-state index in [1.165, 1.54) is 0 Å². The van der Waals surface area contributed by atoms with Crippen molar-refractivity contribution in [2.24, 2.45) is 0 Å². The lowest BCUT2D eigenvalue weighted by molar-refractivity contribution is -0.152. The minimum atomic E-state index is -0.661. The molecule has 3 amide bonds. The van der Waals surface area contributed by atoms with E-state index in [1.807, 2.05) is 19.1 Å². The molecule has 2 rings (SSSR count). The Hall–Kier alpha value is -2.57. The summed E-state index contributed by atoms with van der Waals surface area (Å²) in [5, 5.41) is 2.49. The first-order valence-corrected chi connectivity index (χ1v) is 6.50. The maximum Gasteiger partial charge on any atom is 0.344 e. The summed E-state index contributed by atoms with van der Waals surface area (Å²) in [6, 6.07) is 6.79. The number of hydrogen-bond acceptors (Lipinski definition) is 5. The number of amides is 3. The summed E-state index contributed by atoms with van der Waals surface area (Å²) in [7, 11) is 0. The number of hydrogen-bond donors (Lipinski definition) is 1. The number of para-hydroxylation sites is 1. The van der Waals surface area contributed by atoms with Crippen LogP contribution < -0.4 is 10.1 Å². The number of imide groups is 1. The van der Waals surface area contributed by atoms with E-state index in [9.17, 15) is 14.4 Å². The van der Waals surface area contributed by atoms with Gasteiger partial charge in [0.15, 0.2) is 13.2 Å². The van der Waals surface area contributed by atoms with Crippen LogP contribution in [0.5, 0.6) is 5.75 Å². The number of benzene rings is 1. The fourth-order valence-corrected chi connectivity index (χ4v) is 1.83. The first-order chi connectivity index (χ1) is 10.1. The summed E-state index contributed by atoms with van der Waals surface area (Å²) in [6.45, 7) is 1.80. The van der Waals surface area contributed by atoms with Crippen LogP contribution in [0.1, 0.15) is 5.56 Å². The molecular weight excluding hydrogens is 276 g/mol. The second-order valence-electron chi connectivity index (χ2n) is 4.49. The highest BCUT2D eigenvalue weighted by Gasteiger charge is 2.26. The molecule has 7 heteroatoms. The third-order valence-corrected chi connectivity index (χ3v) is 2.95.